The summed E-state index contributed by atoms with van der Waals surface area (Å²) in [6.45, 7) is 10.2. The fourth-order valence-corrected chi connectivity index (χ4v) is 4.22. The van der Waals surface area contributed by atoms with Crippen molar-refractivity contribution < 1.29 is 0 Å². The van der Waals surface area contributed by atoms with Gasteiger partial charge in [0.05, 0.1) is 18.2 Å². The molecule has 1 N–H and O–H groups in total. The van der Waals surface area contributed by atoms with Crippen molar-refractivity contribution in [1.29, 1.82) is 0 Å². The summed E-state index contributed by atoms with van der Waals surface area (Å²) in [5.41, 5.74) is 4.25. The number of aryl methyl sites for hydroxylation is 1. The molecule has 0 radical (unpaired) electrons. The van der Waals surface area contributed by atoms with E-state index in [-0.39, 0.29) is 0 Å². The van der Waals surface area contributed by atoms with Crippen molar-refractivity contribution in [3.63, 3.8) is 0 Å². The molecule has 1 aliphatic rings. The fraction of sp³-hybridized carbons (Fsp3) is 0.321. The number of piperazine rings is 1. The Labute approximate surface area is 208 Å². The Morgan fingerprint density at radius 1 is 0.886 bits per heavy atom. The maximum absolute atomic E-state index is 4.73. The fourth-order valence-electron chi connectivity index (χ4n) is 4.22. The van der Waals surface area contributed by atoms with Crippen molar-refractivity contribution in [2.45, 2.75) is 20.8 Å². The summed E-state index contributed by atoms with van der Waals surface area (Å²) >= 11 is 0. The summed E-state index contributed by atoms with van der Waals surface area (Å²) in [5.74, 6) is 1.84. The first-order valence-corrected chi connectivity index (χ1v) is 12.3. The van der Waals surface area contributed by atoms with Crippen LogP contribution in [0.3, 0.4) is 0 Å². The van der Waals surface area contributed by atoms with Gasteiger partial charge in [-0.25, -0.2) is 15.0 Å². The summed E-state index contributed by atoms with van der Waals surface area (Å²) in [4.78, 5) is 18.3. The highest BCUT2D eigenvalue weighted by molar-refractivity contribution is 5.89. The molecule has 0 atom stereocenters. The number of nitrogens with one attached hydrogen (secondary N) is 1. The number of imidazole rings is 1. The first-order chi connectivity index (χ1) is 17.1. The van der Waals surface area contributed by atoms with E-state index >= 15 is 0 Å². The molecule has 7 nitrogen and oxygen atoms in total. The van der Waals surface area contributed by atoms with E-state index in [1.165, 1.54) is 0 Å². The normalized spacial score (nSPS) is 14.5. The van der Waals surface area contributed by atoms with Crippen LogP contribution in [0, 0.1) is 0 Å². The Morgan fingerprint density at radius 3 is 2.34 bits per heavy atom. The maximum atomic E-state index is 4.73. The van der Waals surface area contributed by atoms with Crippen LogP contribution in [0.5, 0.6) is 0 Å². The molecule has 4 aromatic rings. The molecule has 0 spiro atoms. The zero-order chi connectivity index (χ0) is 24.8. The van der Waals surface area contributed by atoms with Crippen molar-refractivity contribution in [2.75, 3.05) is 43.4 Å². The summed E-state index contributed by atoms with van der Waals surface area (Å²) in [6.07, 6.45) is 9.62. The number of rotatable bonds is 5. The number of nitrogens with zero attached hydrogens (tertiary/aromatic N) is 6. The van der Waals surface area contributed by atoms with Gasteiger partial charge in [-0.3, -0.25) is 0 Å². The molecule has 4 heterocycles. The summed E-state index contributed by atoms with van der Waals surface area (Å²) < 4.78 is 2.03. The van der Waals surface area contributed by atoms with Gasteiger partial charge in [0.25, 0.3) is 0 Å². The average Bonchev–Trinajstić information content (AvgIpc) is 3.34. The van der Waals surface area contributed by atoms with Crippen molar-refractivity contribution in [3.8, 4) is 11.3 Å². The maximum Gasteiger partial charge on any atom is 0.130 e. The molecule has 0 unspecified atom stereocenters. The number of anilines is 2. The monoisotopic (exact) mass is 469 g/mol. The van der Waals surface area contributed by atoms with Gasteiger partial charge in [0.15, 0.2) is 0 Å². The van der Waals surface area contributed by atoms with Crippen LogP contribution in [-0.4, -0.2) is 57.6 Å². The molecule has 1 fully saturated rings. The third-order valence-electron chi connectivity index (χ3n) is 6.27. The first kappa shape index (κ1) is 24.4. The smallest absolute Gasteiger partial charge is 0.130 e. The Balaban J connectivity index is 0.00000141. The minimum Gasteiger partial charge on any atom is -0.354 e. The van der Waals surface area contributed by atoms with Crippen LogP contribution in [0.1, 0.15) is 26.3 Å². The number of hydrogen-bond acceptors (Lipinski definition) is 6. The topological polar surface area (TPSA) is 62.1 Å². The van der Waals surface area contributed by atoms with Gasteiger partial charge in [0, 0.05) is 67.8 Å². The first-order valence-electron chi connectivity index (χ1n) is 12.3. The number of pyridine rings is 2. The average molecular weight is 470 g/mol. The second-order valence-corrected chi connectivity index (χ2v) is 8.54. The highest BCUT2D eigenvalue weighted by Crippen LogP contribution is 2.26. The van der Waals surface area contributed by atoms with E-state index < -0.39 is 0 Å². The SMILES string of the molecule is C/C=C(/Nc1cc2cc(-c3cncn3C)ccc2cn1)c1ccc(N2CCN(C)CC2)nc1.CC. The molecule has 1 aliphatic heterocycles. The van der Waals surface area contributed by atoms with Gasteiger partial charge in [-0.1, -0.05) is 32.1 Å². The molecule has 0 bridgehead atoms. The van der Waals surface area contributed by atoms with Gasteiger partial charge in [-0.2, -0.15) is 0 Å². The van der Waals surface area contributed by atoms with Gasteiger partial charge in [0.1, 0.15) is 11.6 Å². The molecule has 35 heavy (non-hydrogen) atoms. The second kappa shape index (κ2) is 11.1. The number of fused-ring (bicyclic) bond motifs is 1. The Bertz CT molecular complexity index is 1280. The third-order valence-corrected chi connectivity index (χ3v) is 6.27. The molecule has 5 rings (SSSR count). The summed E-state index contributed by atoms with van der Waals surface area (Å²) in [5, 5.41) is 5.71. The highest BCUT2D eigenvalue weighted by atomic mass is 15.3. The predicted octanol–water partition coefficient (Wildman–Crippen LogP) is 5.28. The molecule has 0 aliphatic carbocycles. The van der Waals surface area contributed by atoms with E-state index in [0.29, 0.717) is 0 Å². The lowest BCUT2D eigenvalue weighted by atomic mass is 10.1. The predicted molar refractivity (Wildman–Crippen MR) is 147 cm³/mol. The number of allylic oxidation sites excluding steroid dienone is 1. The minimum absolute atomic E-state index is 0.806. The molecular weight excluding hydrogens is 434 g/mol. The number of benzene rings is 1. The van der Waals surface area contributed by atoms with Gasteiger partial charge < -0.3 is 19.7 Å². The Kier molecular flexibility index (Phi) is 7.77. The summed E-state index contributed by atoms with van der Waals surface area (Å²) in [6, 6.07) is 12.7. The van der Waals surface area contributed by atoms with Gasteiger partial charge in [-0.15, -0.1) is 0 Å². The van der Waals surface area contributed by atoms with E-state index in [1.54, 1.807) is 0 Å². The van der Waals surface area contributed by atoms with E-state index in [4.69, 9.17) is 4.98 Å². The minimum atomic E-state index is 0.806. The van der Waals surface area contributed by atoms with Crippen LogP contribution in [0.25, 0.3) is 27.7 Å². The van der Waals surface area contributed by atoms with Gasteiger partial charge in [-0.05, 0) is 43.6 Å². The van der Waals surface area contributed by atoms with E-state index in [0.717, 1.165) is 71.1 Å². The van der Waals surface area contributed by atoms with Crippen LogP contribution in [0.15, 0.2) is 67.4 Å². The largest absolute Gasteiger partial charge is 0.354 e. The highest BCUT2D eigenvalue weighted by Gasteiger charge is 2.15. The van der Waals surface area contributed by atoms with Crippen molar-refractivity contribution in [3.05, 3.63) is 73.0 Å². The van der Waals surface area contributed by atoms with Gasteiger partial charge >= 0.3 is 0 Å². The lowest BCUT2D eigenvalue weighted by Gasteiger charge is -2.33. The molecular formula is C28H35N7. The molecule has 3 aromatic heterocycles. The zero-order valence-corrected chi connectivity index (χ0v) is 21.4. The van der Waals surface area contributed by atoms with Gasteiger partial charge in [0.2, 0.25) is 0 Å². The number of aromatic nitrogens is 4. The molecule has 7 heteroatoms. The van der Waals surface area contributed by atoms with Crippen LogP contribution in [-0.2, 0) is 7.05 Å². The third kappa shape index (κ3) is 5.52. The van der Waals surface area contributed by atoms with Crippen LogP contribution < -0.4 is 10.2 Å². The standard InChI is InChI=1S/C26H29N7.C2H6/c1-4-23(21-7-8-26(29-16-21)33-11-9-31(2)10-12-33)30-25-14-22-13-19(5-6-20(22)15-28-25)24-17-27-18-32(24)3;1-2/h4-8,13-18H,9-12H2,1-3H3,(H,28,30);1-2H3/b23-4+;. The molecule has 1 saturated heterocycles. The van der Waals surface area contributed by atoms with E-state index in [1.807, 2.05) is 57.3 Å². The quantitative estimate of drug-likeness (QED) is 0.429. The number of likely N-dealkylation sites (N-methyl/N-ethyl adjacent to an activating group) is 1. The van der Waals surface area contributed by atoms with Crippen LogP contribution >= 0.6 is 0 Å². The lowest BCUT2D eigenvalue weighted by Crippen LogP contribution is -2.44. The van der Waals surface area contributed by atoms with Crippen molar-refractivity contribution in [2.24, 2.45) is 7.05 Å². The van der Waals surface area contributed by atoms with Crippen molar-refractivity contribution >= 4 is 28.1 Å². The molecule has 182 valence electrons. The number of hydrogen-bond donors (Lipinski definition) is 1. The second-order valence-electron chi connectivity index (χ2n) is 8.54. The Hall–Kier alpha value is -3.71. The summed E-state index contributed by atoms with van der Waals surface area (Å²) in [7, 11) is 4.17. The Morgan fingerprint density at radius 2 is 1.69 bits per heavy atom. The van der Waals surface area contributed by atoms with E-state index in [9.17, 15) is 0 Å². The lowest BCUT2D eigenvalue weighted by molar-refractivity contribution is 0.312. The zero-order valence-electron chi connectivity index (χ0n) is 21.4. The molecule has 0 saturated carbocycles. The van der Waals surface area contributed by atoms with Crippen LogP contribution in [0.2, 0.25) is 0 Å². The van der Waals surface area contributed by atoms with Crippen LogP contribution in [0.4, 0.5) is 11.6 Å². The molecule has 0 amide bonds. The van der Waals surface area contributed by atoms with Crippen molar-refractivity contribution in [1.82, 2.24) is 24.4 Å². The van der Waals surface area contributed by atoms with E-state index in [2.05, 4.69) is 74.6 Å². The molecule has 1 aromatic carbocycles.